The standard InChI is InChI=1S/C17H22N2O2/c1-2-15(19-10-6-7-11-19)17(20)16-12-14(18-21-16)13-8-4-3-5-9-13/h3-5,8-9,12,15,17,20H,2,6-7,10-11H2,1H3/t15-,17+/m0/s1. The summed E-state index contributed by atoms with van der Waals surface area (Å²) in [6, 6.07) is 11.9. The van der Waals surface area contributed by atoms with Gasteiger partial charge in [-0.15, -0.1) is 0 Å². The van der Waals surface area contributed by atoms with Crippen LogP contribution in [0.25, 0.3) is 11.3 Å². The van der Waals surface area contributed by atoms with Gasteiger partial charge in [-0.1, -0.05) is 42.4 Å². The normalized spacial score (nSPS) is 18.8. The number of rotatable bonds is 5. The summed E-state index contributed by atoms with van der Waals surface area (Å²) in [5, 5.41) is 14.7. The Hall–Kier alpha value is -1.65. The van der Waals surface area contributed by atoms with Crippen LogP contribution in [0.15, 0.2) is 40.9 Å². The maximum atomic E-state index is 10.6. The number of nitrogens with zero attached hydrogens (tertiary/aromatic N) is 2. The fourth-order valence-corrected chi connectivity index (χ4v) is 3.12. The first-order chi connectivity index (χ1) is 10.3. The second-order valence-electron chi connectivity index (χ2n) is 5.64. The molecule has 21 heavy (non-hydrogen) atoms. The van der Waals surface area contributed by atoms with Crippen molar-refractivity contribution in [3.8, 4) is 11.3 Å². The molecule has 2 atom stereocenters. The molecule has 0 spiro atoms. The quantitative estimate of drug-likeness (QED) is 0.916. The molecule has 0 saturated carbocycles. The van der Waals surface area contributed by atoms with E-state index in [0.717, 1.165) is 30.8 Å². The Bertz CT molecular complexity index is 561. The lowest BCUT2D eigenvalue weighted by atomic mass is 10.0. The third-order valence-electron chi connectivity index (χ3n) is 4.28. The Morgan fingerprint density at radius 3 is 2.62 bits per heavy atom. The second-order valence-corrected chi connectivity index (χ2v) is 5.64. The summed E-state index contributed by atoms with van der Waals surface area (Å²) in [5.74, 6) is 0.563. The molecule has 0 radical (unpaired) electrons. The number of hydrogen-bond acceptors (Lipinski definition) is 4. The Morgan fingerprint density at radius 2 is 1.95 bits per heavy atom. The van der Waals surface area contributed by atoms with Crippen LogP contribution >= 0.6 is 0 Å². The molecule has 2 aromatic rings. The molecule has 1 N–H and O–H groups in total. The molecule has 1 aromatic heterocycles. The molecule has 1 aliphatic rings. The first-order valence-corrected chi connectivity index (χ1v) is 7.73. The highest BCUT2D eigenvalue weighted by Crippen LogP contribution is 2.29. The molecular formula is C17H22N2O2. The highest BCUT2D eigenvalue weighted by atomic mass is 16.5. The summed E-state index contributed by atoms with van der Waals surface area (Å²) >= 11 is 0. The minimum Gasteiger partial charge on any atom is -0.383 e. The van der Waals surface area contributed by atoms with Crippen molar-refractivity contribution in [3.63, 3.8) is 0 Å². The molecule has 1 aliphatic heterocycles. The SMILES string of the molecule is CC[C@@H]([C@@H](O)c1cc(-c2ccccc2)no1)N1CCCC1. The molecule has 4 nitrogen and oxygen atoms in total. The van der Waals surface area contributed by atoms with Crippen molar-refractivity contribution in [2.45, 2.75) is 38.3 Å². The molecule has 1 saturated heterocycles. The average Bonchev–Trinajstić information content (AvgIpc) is 3.20. The van der Waals surface area contributed by atoms with E-state index >= 15 is 0 Å². The molecule has 1 fully saturated rings. The minimum absolute atomic E-state index is 0.115. The Morgan fingerprint density at radius 1 is 1.24 bits per heavy atom. The van der Waals surface area contributed by atoms with E-state index in [-0.39, 0.29) is 6.04 Å². The summed E-state index contributed by atoms with van der Waals surface area (Å²) in [6.07, 6.45) is 2.73. The number of benzene rings is 1. The smallest absolute Gasteiger partial charge is 0.167 e. The van der Waals surface area contributed by atoms with Gasteiger partial charge in [0.05, 0.1) is 0 Å². The molecule has 0 aliphatic carbocycles. The molecule has 4 heteroatoms. The van der Waals surface area contributed by atoms with Crippen LogP contribution in [0, 0.1) is 0 Å². The fourth-order valence-electron chi connectivity index (χ4n) is 3.12. The first-order valence-electron chi connectivity index (χ1n) is 7.73. The van der Waals surface area contributed by atoms with Crippen LogP contribution in [0.2, 0.25) is 0 Å². The van der Waals surface area contributed by atoms with Gasteiger partial charge < -0.3 is 9.63 Å². The van der Waals surface area contributed by atoms with Crippen molar-refractivity contribution in [1.29, 1.82) is 0 Å². The maximum Gasteiger partial charge on any atom is 0.167 e. The van der Waals surface area contributed by atoms with Crippen LogP contribution in [0.1, 0.15) is 38.1 Å². The van der Waals surface area contributed by atoms with Gasteiger partial charge in [-0.05, 0) is 32.4 Å². The van der Waals surface area contributed by atoms with Crippen LogP contribution in [0.4, 0.5) is 0 Å². The number of hydrogen-bond donors (Lipinski definition) is 1. The van der Waals surface area contributed by atoms with Crippen LogP contribution in [-0.4, -0.2) is 34.3 Å². The van der Waals surface area contributed by atoms with Crippen LogP contribution in [0.3, 0.4) is 0 Å². The van der Waals surface area contributed by atoms with Crippen molar-refractivity contribution in [3.05, 3.63) is 42.2 Å². The van der Waals surface area contributed by atoms with Gasteiger partial charge in [-0.3, -0.25) is 4.90 Å². The zero-order valence-electron chi connectivity index (χ0n) is 12.4. The zero-order chi connectivity index (χ0) is 14.7. The molecule has 1 aromatic carbocycles. The molecule has 112 valence electrons. The monoisotopic (exact) mass is 286 g/mol. The number of likely N-dealkylation sites (tertiary alicyclic amines) is 1. The average molecular weight is 286 g/mol. The molecule has 0 bridgehead atoms. The van der Waals surface area contributed by atoms with Crippen LogP contribution in [-0.2, 0) is 0 Å². The third kappa shape index (κ3) is 3.01. The topological polar surface area (TPSA) is 49.5 Å². The lowest BCUT2D eigenvalue weighted by Gasteiger charge is -2.29. The molecule has 0 unspecified atom stereocenters. The number of aliphatic hydroxyl groups excluding tert-OH is 1. The predicted octanol–water partition coefficient (Wildman–Crippen LogP) is 3.25. The summed E-state index contributed by atoms with van der Waals surface area (Å²) < 4.78 is 5.40. The summed E-state index contributed by atoms with van der Waals surface area (Å²) in [4.78, 5) is 2.36. The summed E-state index contributed by atoms with van der Waals surface area (Å²) in [6.45, 7) is 4.24. The van der Waals surface area contributed by atoms with Gasteiger partial charge in [0.25, 0.3) is 0 Å². The number of aliphatic hydroxyl groups is 1. The summed E-state index contributed by atoms with van der Waals surface area (Å²) in [7, 11) is 0. The van der Waals surface area contributed by atoms with Crippen molar-refractivity contribution < 1.29 is 9.63 Å². The van der Waals surface area contributed by atoms with Gasteiger partial charge in [0, 0.05) is 17.7 Å². The lowest BCUT2D eigenvalue weighted by Crippen LogP contribution is -2.37. The van der Waals surface area contributed by atoms with Crippen molar-refractivity contribution in [1.82, 2.24) is 10.1 Å². The minimum atomic E-state index is -0.613. The van der Waals surface area contributed by atoms with Gasteiger partial charge in [0.1, 0.15) is 11.8 Å². The third-order valence-corrected chi connectivity index (χ3v) is 4.28. The van der Waals surface area contributed by atoms with E-state index in [1.54, 1.807) is 0 Å². The first kappa shape index (κ1) is 14.3. The molecule has 0 amide bonds. The molecule has 2 heterocycles. The predicted molar refractivity (Wildman–Crippen MR) is 81.8 cm³/mol. The van der Waals surface area contributed by atoms with E-state index in [2.05, 4.69) is 17.0 Å². The highest BCUT2D eigenvalue weighted by Gasteiger charge is 2.30. The van der Waals surface area contributed by atoms with Gasteiger partial charge >= 0.3 is 0 Å². The Kier molecular flexibility index (Phi) is 4.36. The van der Waals surface area contributed by atoms with Crippen molar-refractivity contribution in [2.24, 2.45) is 0 Å². The van der Waals surface area contributed by atoms with Crippen LogP contribution in [0.5, 0.6) is 0 Å². The largest absolute Gasteiger partial charge is 0.383 e. The van der Waals surface area contributed by atoms with E-state index < -0.39 is 6.10 Å². The number of aromatic nitrogens is 1. The van der Waals surface area contributed by atoms with Gasteiger partial charge in [-0.25, -0.2) is 0 Å². The van der Waals surface area contributed by atoms with E-state index in [1.807, 2.05) is 36.4 Å². The molecule has 3 rings (SSSR count). The summed E-state index contributed by atoms with van der Waals surface area (Å²) in [5.41, 5.74) is 1.79. The molecular weight excluding hydrogens is 264 g/mol. The van der Waals surface area contributed by atoms with Gasteiger partial charge in [0.2, 0.25) is 0 Å². The zero-order valence-corrected chi connectivity index (χ0v) is 12.4. The second kappa shape index (κ2) is 6.41. The van der Waals surface area contributed by atoms with Crippen LogP contribution < -0.4 is 0 Å². The maximum absolute atomic E-state index is 10.6. The van der Waals surface area contributed by atoms with E-state index in [9.17, 15) is 5.11 Å². The van der Waals surface area contributed by atoms with E-state index in [1.165, 1.54) is 12.8 Å². The van der Waals surface area contributed by atoms with E-state index in [0.29, 0.717) is 5.76 Å². The Labute approximate surface area is 125 Å². The van der Waals surface area contributed by atoms with Gasteiger partial charge in [0.15, 0.2) is 5.76 Å². The van der Waals surface area contributed by atoms with Gasteiger partial charge in [-0.2, -0.15) is 0 Å². The lowest BCUT2D eigenvalue weighted by molar-refractivity contribution is 0.0393. The van der Waals surface area contributed by atoms with E-state index in [4.69, 9.17) is 4.52 Å². The highest BCUT2D eigenvalue weighted by molar-refractivity contribution is 5.58. The van der Waals surface area contributed by atoms with Crippen molar-refractivity contribution in [2.75, 3.05) is 13.1 Å². The van der Waals surface area contributed by atoms with Crippen molar-refractivity contribution >= 4 is 0 Å². The Balaban J connectivity index is 1.78. The fraction of sp³-hybridized carbons (Fsp3) is 0.471.